The van der Waals surface area contributed by atoms with Gasteiger partial charge in [0.05, 0.1) is 10.6 Å². The van der Waals surface area contributed by atoms with Crippen molar-refractivity contribution in [1.82, 2.24) is 0 Å². The van der Waals surface area contributed by atoms with Crippen molar-refractivity contribution >= 4 is 39.0 Å². The minimum atomic E-state index is -0.550. The Morgan fingerprint density at radius 3 is 2.48 bits per heavy atom. The molecule has 0 aromatic heterocycles. The van der Waals surface area contributed by atoms with Crippen LogP contribution in [0.15, 0.2) is 58.2 Å². The third kappa shape index (κ3) is 3.48. The highest BCUT2D eigenvalue weighted by molar-refractivity contribution is 9.10. The summed E-state index contributed by atoms with van der Waals surface area (Å²) in [6.45, 7) is 0. The van der Waals surface area contributed by atoms with Gasteiger partial charge >= 0.3 is 0 Å². The van der Waals surface area contributed by atoms with Crippen molar-refractivity contribution in [3.63, 3.8) is 0 Å². The summed E-state index contributed by atoms with van der Waals surface area (Å²) >= 11 is 3.21. The third-order valence-electron chi connectivity index (χ3n) is 5.33. The van der Waals surface area contributed by atoms with Crippen molar-refractivity contribution < 1.29 is 18.9 Å². The number of hydrogen-bond donors (Lipinski definition) is 0. The van der Waals surface area contributed by atoms with Gasteiger partial charge in [0.25, 0.3) is 5.69 Å². The molecule has 1 unspecified atom stereocenters. The molecular formula is C21H16BrFN2O4. The molecule has 29 heavy (non-hydrogen) atoms. The molecule has 0 N–H and O–H groups in total. The molecule has 0 saturated carbocycles. The summed E-state index contributed by atoms with van der Waals surface area (Å²) in [5.74, 6) is -1.40. The van der Waals surface area contributed by atoms with E-state index < -0.39 is 16.7 Å². The van der Waals surface area contributed by atoms with E-state index in [1.54, 1.807) is 18.2 Å². The number of hydrogen-bond acceptors (Lipinski definition) is 4. The van der Waals surface area contributed by atoms with Gasteiger partial charge in [0.1, 0.15) is 5.82 Å². The predicted molar refractivity (Wildman–Crippen MR) is 108 cm³/mol. The molecule has 1 heterocycles. The number of nitro benzene ring substituents is 1. The average molecular weight is 459 g/mol. The highest BCUT2D eigenvalue weighted by atomic mass is 79.9. The summed E-state index contributed by atoms with van der Waals surface area (Å²) in [6.07, 6.45) is 1.45. The maximum Gasteiger partial charge on any atom is 0.269 e. The second-order valence-electron chi connectivity index (χ2n) is 7.07. The van der Waals surface area contributed by atoms with Gasteiger partial charge in [0.2, 0.25) is 5.91 Å². The zero-order chi connectivity index (χ0) is 20.7. The van der Waals surface area contributed by atoms with Crippen LogP contribution in [0.1, 0.15) is 37.2 Å². The molecule has 0 radical (unpaired) electrons. The Hall–Kier alpha value is -2.87. The molecule has 2 aromatic rings. The van der Waals surface area contributed by atoms with Gasteiger partial charge < -0.3 is 0 Å². The standard InChI is InChI=1S/C21H16BrFN2O4/c22-13-6-9-17(16(23)10-13)24-18-2-1-3-19(26)21(18)15(11-20(24)27)12-4-7-14(8-5-12)25(28)29/h4-10,15H,1-3,11H2. The number of carbonyl (C=O) groups excluding carboxylic acids is 2. The van der Waals surface area contributed by atoms with E-state index in [-0.39, 0.29) is 29.5 Å². The Morgan fingerprint density at radius 1 is 1.10 bits per heavy atom. The van der Waals surface area contributed by atoms with Gasteiger partial charge in [-0.25, -0.2) is 4.39 Å². The fraction of sp³-hybridized carbons (Fsp3) is 0.238. The molecule has 0 bridgehead atoms. The molecule has 1 atom stereocenters. The van der Waals surface area contributed by atoms with Crippen molar-refractivity contribution in [3.8, 4) is 0 Å². The Labute approximate surface area is 174 Å². The smallest absolute Gasteiger partial charge is 0.269 e. The van der Waals surface area contributed by atoms with E-state index in [4.69, 9.17) is 0 Å². The molecule has 2 aromatic carbocycles. The first-order valence-electron chi connectivity index (χ1n) is 9.15. The SMILES string of the molecule is O=C1CCCC2=C1C(c1ccc([N+](=O)[O-])cc1)CC(=O)N2c1ccc(Br)cc1F. The van der Waals surface area contributed by atoms with Crippen LogP contribution in [-0.4, -0.2) is 16.6 Å². The van der Waals surface area contributed by atoms with Crippen LogP contribution < -0.4 is 4.90 Å². The van der Waals surface area contributed by atoms with Crippen molar-refractivity contribution in [3.05, 3.63) is 79.7 Å². The summed E-state index contributed by atoms with van der Waals surface area (Å²) in [6, 6.07) is 10.4. The first kappa shape index (κ1) is 19.4. The van der Waals surface area contributed by atoms with Gasteiger partial charge in [-0.3, -0.25) is 24.6 Å². The summed E-state index contributed by atoms with van der Waals surface area (Å²) in [5, 5.41) is 10.9. The van der Waals surface area contributed by atoms with Crippen molar-refractivity contribution in [2.75, 3.05) is 4.90 Å². The van der Waals surface area contributed by atoms with Gasteiger partial charge in [-0.05, 0) is 36.6 Å². The van der Waals surface area contributed by atoms with Crippen LogP contribution in [0.25, 0.3) is 0 Å². The molecule has 6 nitrogen and oxygen atoms in total. The van der Waals surface area contributed by atoms with Gasteiger partial charge in [0.15, 0.2) is 5.78 Å². The molecule has 1 aliphatic carbocycles. The van der Waals surface area contributed by atoms with Crippen LogP contribution in [0.3, 0.4) is 0 Å². The lowest BCUT2D eigenvalue weighted by molar-refractivity contribution is -0.384. The molecule has 148 valence electrons. The second-order valence-corrected chi connectivity index (χ2v) is 7.98. The lowest BCUT2D eigenvalue weighted by Gasteiger charge is -2.38. The fourth-order valence-corrected chi connectivity index (χ4v) is 4.38. The van der Waals surface area contributed by atoms with Gasteiger partial charge in [-0.1, -0.05) is 28.1 Å². The van der Waals surface area contributed by atoms with E-state index in [0.29, 0.717) is 40.6 Å². The van der Waals surface area contributed by atoms with E-state index in [1.807, 2.05) is 0 Å². The first-order chi connectivity index (χ1) is 13.9. The van der Waals surface area contributed by atoms with Gasteiger partial charge in [-0.2, -0.15) is 0 Å². The van der Waals surface area contributed by atoms with Crippen molar-refractivity contribution in [1.29, 1.82) is 0 Å². The Morgan fingerprint density at radius 2 is 1.83 bits per heavy atom. The maximum atomic E-state index is 14.6. The lowest BCUT2D eigenvalue weighted by Crippen LogP contribution is -2.41. The molecule has 0 spiro atoms. The minimum absolute atomic E-state index is 0.00210. The number of nitro groups is 1. The van der Waals surface area contributed by atoms with Crippen LogP contribution in [0.2, 0.25) is 0 Å². The number of Topliss-reactive ketones (excluding diaryl/α,β-unsaturated/α-hetero) is 1. The Balaban J connectivity index is 1.83. The molecule has 2 aliphatic rings. The molecule has 8 heteroatoms. The van der Waals surface area contributed by atoms with Crippen LogP contribution in [0.4, 0.5) is 15.8 Å². The first-order valence-corrected chi connectivity index (χ1v) is 9.94. The highest BCUT2D eigenvalue weighted by Crippen LogP contribution is 2.44. The average Bonchev–Trinajstić information content (AvgIpc) is 2.68. The Bertz CT molecular complexity index is 1060. The van der Waals surface area contributed by atoms with Crippen molar-refractivity contribution in [2.45, 2.75) is 31.6 Å². The van der Waals surface area contributed by atoms with Crippen LogP contribution in [0, 0.1) is 15.9 Å². The lowest BCUT2D eigenvalue weighted by atomic mass is 9.77. The van der Waals surface area contributed by atoms with E-state index in [9.17, 15) is 24.1 Å². The van der Waals surface area contributed by atoms with E-state index in [1.165, 1.54) is 29.2 Å². The van der Waals surface area contributed by atoms with Gasteiger partial charge in [0, 0.05) is 46.6 Å². The molecule has 0 saturated heterocycles. The van der Waals surface area contributed by atoms with Crippen molar-refractivity contribution in [2.24, 2.45) is 0 Å². The highest BCUT2D eigenvalue weighted by Gasteiger charge is 2.40. The van der Waals surface area contributed by atoms with Gasteiger partial charge in [-0.15, -0.1) is 0 Å². The zero-order valence-electron chi connectivity index (χ0n) is 15.2. The number of rotatable bonds is 3. The zero-order valence-corrected chi connectivity index (χ0v) is 16.8. The largest absolute Gasteiger partial charge is 0.294 e. The van der Waals surface area contributed by atoms with E-state index >= 15 is 0 Å². The summed E-state index contributed by atoms with van der Waals surface area (Å²) in [5.41, 5.74) is 1.78. The summed E-state index contributed by atoms with van der Waals surface area (Å²) < 4.78 is 15.2. The molecule has 0 fully saturated rings. The molecular weight excluding hydrogens is 443 g/mol. The number of nitrogens with zero attached hydrogens (tertiary/aromatic N) is 2. The number of amides is 1. The monoisotopic (exact) mass is 458 g/mol. The molecule has 1 aliphatic heterocycles. The maximum absolute atomic E-state index is 14.6. The minimum Gasteiger partial charge on any atom is -0.294 e. The number of halogens is 2. The van der Waals surface area contributed by atoms with Crippen LogP contribution >= 0.6 is 15.9 Å². The number of non-ortho nitro benzene ring substituents is 1. The summed E-state index contributed by atoms with van der Waals surface area (Å²) in [7, 11) is 0. The quantitative estimate of drug-likeness (QED) is 0.477. The normalized spacial score (nSPS) is 19.4. The van der Waals surface area contributed by atoms with Crippen LogP contribution in [-0.2, 0) is 9.59 Å². The Kier molecular flexibility index (Phi) is 5.04. The number of allylic oxidation sites excluding steroid dienone is 2. The number of benzene rings is 2. The summed E-state index contributed by atoms with van der Waals surface area (Å²) in [4.78, 5) is 37.6. The second kappa shape index (κ2) is 7.51. The topological polar surface area (TPSA) is 80.5 Å². The molecule has 1 amide bonds. The van der Waals surface area contributed by atoms with Crippen LogP contribution in [0.5, 0.6) is 0 Å². The molecule has 4 rings (SSSR count). The number of carbonyl (C=O) groups is 2. The number of ketones is 1. The fourth-order valence-electron chi connectivity index (χ4n) is 4.05. The predicted octanol–water partition coefficient (Wildman–Crippen LogP) is 5.02. The number of anilines is 1. The third-order valence-corrected chi connectivity index (χ3v) is 5.83. The van der Waals surface area contributed by atoms with E-state index in [0.717, 1.165) is 0 Å². The van der Waals surface area contributed by atoms with E-state index in [2.05, 4.69) is 15.9 Å².